The van der Waals surface area contributed by atoms with E-state index >= 15 is 0 Å². The molecule has 0 saturated heterocycles. The summed E-state index contributed by atoms with van der Waals surface area (Å²) in [5.41, 5.74) is 0.0985. The molecule has 8 heteroatoms. The lowest BCUT2D eigenvalue weighted by molar-refractivity contribution is -0.120. The van der Waals surface area contributed by atoms with E-state index in [9.17, 15) is 14.4 Å². The van der Waals surface area contributed by atoms with Crippen LogP contribution < -0.4 is 16.2 Å². The zero-order valence-corrected chi connectivity index (χ0v) is 10.8. The van der Waals surface area contributed by atoms with Crippen molar-refractivity contribution in [2.45, 2.75) is 13.5 Å². The SMILES string of the molecule is CCNC(=O)NC(=O)Cn1cnc2cnccc2c1=O. The Morgan fingerprint density at radius 1 is 1.40 bits per heavy atom. The zero-order valence-electron chi connectivity index (χ0n) is 10.8. The van der Waals surface area contributed by atoms with Crippen LogP contribution in [0.2, 0.25) is 0 Å². The van der Waals surface area contributed by atoms with E-state index in [0.717, 1.165) is 4.57 Å². The van der Waals surface area contributed by atoms with Crippen molar-refractivity contribution in [2.24, 2.45) is 0 Å². The van der Waals surface area contributed by atoms with Gasteiger partial charge in [-0.2, -0.15) is 0 Å². The molecule has 0 saturated carbocycles. The number of hydrogen-bond donors (Lipinski definition) is 2. The highest BCUT2D eigenvalue weighted by Gasteiger charge is 2.10. The summed E-state index contributed by atoms with van der Waals surface area (Å²) >= 11 is 0. The van der Waals surface area contributed by atoms with Crippen LogP contribution >= 0.6 is 0 Å². The summed E-state index contributed by atoms with van der Waals surface area (Å²) in [4.78, 5) is 42.8. The maximum absolute atomic E-state index is 12.1. The van der Waals surface area contributed by atoms with Gasteiger partial charge in [-0.15, -0.1) is 0 Å². The van der Waals surface area contributed by atoms with Gasteiger partial charge in [0.2, 0.25) is 5.91 Å². The van der Waals surface area contributed by atoms with Gasteiger partial charge in [0, 0.05) is 12.7 Å². The van der Waals surface area contributed by atoms with Gasteiger partial charge in [-0.1, -0.05) is 0 Å². The van der Waals surface area contributed by atoms with Crippen LogP contribution in [0.15, 0.2) is 29.6 Å². The number of rotatable bonds is 3. The Balaban J connectivity index is 2.18. The highest BCUT2D eigenvalue weighted by Crippen LogP contribution is 2.02. The second kappa shape index (κ2) is 5.91. The molecule has 20 heavy (non-hydrogen) atoms. The molecule has 0 spiro atoms. The van der Waals surface area contributed by atoms with Crippen LogP contribution in [0.5, 0.6) is 0 Å². The van der Waals surface area contributed by atoms with Crippen molar-refractivity contribution in [1.82, 2.24) is 25.2 Å². The summed E-state index contributed by atoms with van der Waals surface area (Å²) in [7, 11) is 0. The molecule has 0 aliphatic heterocycles. The molecule has 0 aromatic carbocycles. The molecule has 0 aliphatic rings. The van der Waals surface area contributed by atoms with Crippen molar-refractivity contribution in [3.63, 3.8) is 0 Å². The number of carbonyl (C=O) groups excluding carboxylic acids is 2. The van der Waals surface area contributed by atoms with Crippen LogP contribution in [-0.2, 0) is 11.3 Å². The minimum Gasteiger partial charge on any atom is -0.338 e. The largest absolute Gasteiger partial charge is 0.338 e. The Bertz CT molecular complexity index is 710. The number of urea groups is 1. The smallest absolute Gasteiger partial charge is 0.321 e. The van der Waals surface area contributed by atoms with E-state index in [1.165, 1.54) is 24.8 Å². The molecule has 2 heterocycles. The third kappa shape index (κ3) is 2.97. The van der Waals surface area contributed by atoms with Crippen LogP contribution in [0, 0.1) is 0 Å². The molecule has 0 atom stereocenters. The van der Waals surface area contributed by atoms with Crippen molar-refractivity contribution < 1.29 is 9.59 Å². The number of imide groups is 1. The quantitative estimate of drug-likeness (QED) is 0.795. The van der Waals surface area contributed by atoms with Gasteiger partial charge in [0.25, 0.3) is 5.56 Å². The van der Waals surface area contributed by atoms with Crippen LogP contribution in [-0.4, -0.2) is 33.0 Å². The first-order valence-corrected chi connectivity index (χ1v) is 5.98. The number of pyridine rings is 1. The monoisotopic (exact) mass is 275 g/mol. The maximum atomic E-state index is 12.1. The second-order valence-electron chi connectivity index (χ2n) is 3.98. The molecule has 2 aromatic rings. The topological polar surface area (TPSA) is 106 Å². The summed E-state index contributed by atoms with van der Waals surface area (Å²) < 4.78 is 1.14. The Morgan fingerprint density at radius 3 is 2.95 bits per heavy atom. The predicted octanol–water partition coefficient (Wildman–Crippen LogP) is -0.363. The molecule has 104 valence electrons. The lowest BCUT2D eigenvalue weighted by Gasteiger charge is -2.07. The highest BCUT2D eigenvalue weighted by molar-refractivity contribution is 5.94. The van der Waals surface area contributed by atoms with E-state index in [-0.39, 0.29) is 12.1 Å². The van der Waals surface area contributed by atoms with Crippen LogP contribution in [0.4, 0.5) is 4.79 Å². The molecular weight excluding hydrogens is 262 g/mol. The van der Waals surface area contributed by atoms with E-state index in [1.54, 1.807) is 6.92 Å². The van der Waals surface area contributed by atoms with Crippen molar-refractivity contribution in [1.29, 1.82) is 0 Å². The van der Waals surface area contributed by atoms with Gasteiger partial charge in [0.1, 0.15) is 6.54 Å². The number of nitrogens with zero attached hydrogens (tertiary/aromatic N) is 3. The van der Waals surface area contributed by atoms with Gasteiger partial charge in [-0.25, -0.2) is 9.78 Å². The van der Waals surface area contributed by atoms with Gasteiger partial charge in [0.15, 0.2) is 0 Å². The molecule has 3 amide bonds. The average Bonchev–Trinajstić information content (AvgIpc) is 2.42. The second-order valence-corrected chi connectivity index (χ2v) is 3.98. The lowest BCUT2D eigenvalue weighted by atomic mass is 10.3. The Labute approximate surface area is 113 Å². The number of aromatic nitrogens is 3. The molecular formula is C12H13N5O3. The first-order chi connectivity index (χ1) is 9.61. The fourth-order valence-electron chi connectivity index (χ4n) is 1.65. The molecule has 2 N–H and O–H groups in total. The minimum absolute atomic E-state index is 0.277. The highest BCUT2D eigenvalue weighted by atomic mass is 16.2. The van der Waals surface area contributed by atoms with Gasteiger partial charge >= 0.3 is 6.03 Å². The first kappa shape index (κ1) is 13.7. The van der Waals surface area contributed by atoms with Crippen molar-refractivity contribution in [3.8, 4) is 0 Å². The molecule has 0 radical (unpaired) electrons. The fourth-order valence-corrected chi connectivity index (χ4v) is 1.65. The molecule has 0 aliphatic carbocycles. The number of hydrogen-bond acceptors (Lipinski definition) is 5. The summed E-state index contributed by atoms with van der Waals surface area (Å²) in [6, 6.07) is 0.937. The third-order valence-corrected chi connectivity index (χ3v) is 2.53. The molecule has 0 unspecified atom stereocenters. The van der Waals surface area contributed by atoms with Crippen molar-refractivity contribution >= 4 is 22.8 Å². The Morgan fingerprint density at radius 2 is 2.20 bits per heavy atom. The Kier molecular flexibility index (Phi) is 4.04. The zero-order chi connectivity index (χ0) is 14.5. The van der Waals surface area contributed by atoms with Crippen LogP contribution in [0.25, 0.3) is 10.9 Å². The maximum Gasteiger partial charge on any atom is 0.321 e. The summed E-state index contributed by atoms with van der Waals surface area (Å²) in [5, 5.41) is 4.91. The lowest BCUT2D eigenvalue weighted by Crippen LogP contribution is -2.42. The number of fused-ring (bicyclic) bond motifs is 1. The fraction of sp³-hybridized carbons (Fsp3) is 0.250. The first-order valence-electron chi connectivity index (χ1n) is 5.98. The molecule has 8 nitrogen and oxygen atoms in total. The molecule has 0 bridgehead atoms. The Hall–Kier alpha value is -2.77. The van der Waals surface area contributed by atoms with Gasteiger partial charge in [-0.05, 0) is 13.0 Å². The summed E-state index contributed by atoms with van der Waals surface area (Å²) in [6.07, 6.45) is 4.20. The molecule has 2 rings (SSSR count). The minimum atomic E-state index is -0.594. The van der Waals surface area contributed by atoms with Gasteiger partial charge < -0.3 is 5.32 Å². The predicted molar refractivity (Wildman–Crippen MR) is 71.0 cm³/mol. The third-order valence-electron chi connectivity index (χ3n) is 2.53. The number of nitrogens with one attached hydrogen (secondary N) is 2. The van der Waals surface area contributed by atoms with Crippen LogP contribution in [0.3, 0.4) is 0 Å². The average molecular weight is 275 g/mol. The van der Waals surface area contributed by atoms with Crippen LogP contribution in [0.1, 0.15) is 6.92 Å². The molecule has 2 aromatic heterocycles. The van der Waals surface area contributed by atoms with Gasteiger partial charge in [-0.3, -0.25) is 24.5 Å². The van der Waals surface area contributed by atoms with E-state index in [0.29, 0.717) is 17.4 Å². The van der Waals surface area contributed by atoms with E-state index in [2.05, 4.69) is 20.6 Å². The van der Waals surface area contributed by atoms with E-state index in [4.69, 9.17) is 0 Å². The number of amides is 3. The van der Waals surface area contributed by atoms with Crippen molar-refractivity contribution in [3.05, 3.63) is 35.1 Å². The summed E-state index contributed by atoms with van der Waals surface area (Å²) in [5.74, 6) is -0.590. The van der Waals surface area contributed by atoms with E-state index < -0.39 is 11.9 Å². The normalized spacial score (nSPS) is 10.2. The number of carbonyl (C=O) groups is 2. The molecule has 0 fully saturated rings. The van der Waals surface area contributed by atoms with Crippen molar-refractivity contribution in [2.75, 3.05) is 6.54 Å². The van der Waals surface area contributed by atoms with E-state index in [1.807, 2.05) is 0 Å². The summed E-state index contributed by atoms with van der Waals surface area (Å²) in [6.45, 7) is 1.86. The van der Waals surface area contributed by atoms with Gasteiger partial charge in [0.05, 0.1) is 23.4 Å². The standard InChI is InChI=1S/C12H13N5O3/c1-2-14-12(20)16-10(18)6-17-7-15-9-5-13-4-3-8(9)11(17)19/h3-5,7H,2,6H2,1H3,(H2,14,16,18,20).